The summed E-state index contributed by atoms with van der Waals surface area (Å²) in [6.07, 6.45) is 4.18. The van der Waals surface area contributed by atoms with Gasteiger partial charge in [-0.1, -0.05) is 49.6 Å². The van der Waals surface area contributed by atoms with Crippen molar-refractivity contribution in [3.8, 4) is 5.75 Å². The molecule has 1 aliphatic carbocycles. The van der Waals surface area contributed by atoms with Gasteiger partial charge in [0.15, 0.2) is 20.0 Å². The lowest BCUT2D eigenvalue weighted by Crippen LogP contribution is -2.61. The summed E-state index contributed by atoms with van der Waals surface area (Å²) in [6.45, 7) is 0. The Bertz CT molecular complexity index is 1560. The highest BCUT2D eigenvalue weighted by Gasteiger charge is 2.81. The number of nitrogens with zero attached hydrogens (tertiary/aromatic N) is 1. The molecule has 0 saturated heterocycles. The number of rotatable bonds is 9. The van der Waals surface area contributed by atoms with Crippen LogP contribution < -0.4 is 4.18 Å². The van der Waals surface area contributed by atoms with Gasteiger partial charge in [0.05, 0.1) is 0 Å². The number of sulfonamides is 2. The van der Waals surface area contributed by atoms with Gasteiger partial charge in [-0.2, -0.15) is 47.9 Å². The summed E-state index contributed by atoms with van der Waals surface area (Å²) in [5, 5.41) is -14.6. The minimum Gasteiger partial charge on any atom is -0.423 e. The van der Waals surface area contributed by atoms with Crippen molar-refractivity contribution in [1.29, 1.82) is 0 Å². The summed E-state index contributed by atoms with van der Waals surface area (Å²) in [4.78, 5) is 1.13. The van der Waals surface area contributed by atoms with Gasteiger partial charge in [-0.05, 0) is 61.2 Å². The van der Waals surface area contributed by atoms with Crippen molar-refractivity contribution in [2.24, 2.45) is 0 Å². The molecule has 21 heteroatoms. The summed E-state index contributed by atoms with van der Waals surface area (Å²) in [7, 11) is -22.6. The predicted octanol–water partition coefficient (Wildman–Crippen LogP) is 5.87. The molecular weight excluding hydrogens is 689 g/mol. The summed E-state index contributed by atoms with van der Waals surface area (Å²) < 4.78 is 192. The van der Waals surface area contributed by atoms with Gasteiger partial charge in [-0.25, -0.2) is 16.8 Å². The molecule has 0 heterocycles. The molecule has 0 atom stereocenters. The molecular formula is C22H22F9NO7S4. The summed E-state index contributed by atoms with van der Waals surface area (Å²) in [5.41, 5.74) is -6.10. The first-order valence-corrected chi connectivity index (χ1v) is 16.4. The lowest BCUT2D eigenvalue weighted by atomic mass is 9.84. The van der Waals surface area contributed by atoms with E-state index in [1.54, 1.807) is 0 Å². The smallest absolute Gasteiger partial charge is 0.423 e. The molecule has 0 spiro atoms. The average Bonchev–Trinajstić information content (AvgIpc) is 2.88. The Morgan fingerprint density at radius 1 is 0.674 bits per heavy atom. The molecule has 8 nitrogen and oxygen atoms in total. The summed E-state index contributed by atoms with van der Waals surface area (Å²) >= 11 is 3.36. The van der Waals surface area contributed by atoms with Crippen LogP contribution >= 0.6 is 0 Å². The van der Waals surface area contributed by atoms with E-state index >= 15 is 0 Å². The first-order valence-electron chi connectivity index (χ1n) is 11.6. The van der Waals surface area contributed by atoms with Crippen molar-refractivity contribution < 1.29 is 69.0 Å². The minimum atomic E-state index is -7.96. The van der Waals surface area contributed by atoms with Gasteiger partial charge in [-0.3, -0.25) is 0 Å². The van der Waals surface area contributed by atoms with Crippen LogP contribution in [0.2, 0.25) is 0 Å². The van der Waals surface area contributed by atoms with Gasteiger partial charge in [0.2, 0.25) is 0 Å². The minimum absolute atomic E-state index is 0.0100. The van der Waals surface area contributed by atoms with E-state index in [4.69, 9.17) is 0 Å². The molecule has 0 aromatic heterocycles. The molecule has 2 aromatic carbocycles. The predicted molar refractivity (Wildman–Crippen MR) is 139 cm³/mol. The second-order valence-electron chi connectivity index (χ2n) is 8.89. The molecule has 1 saturated carbocycles. The van der Waals surface area contributed by atoms with E-state index in [2.05, 4.69) is 16.8 Å². The Morgan fingerprint density at radius 3 is 1.58 bits per heavy atom. The molecule has 1 fully saturated rings. The van der Waals surface area contributed by atoms with Gasteiger partial charge in [-0.15, -0.1) is 0 Å². The second-order valence-corrected chi connectivity index (χ2v) is 14.5. The maximum Gasteiger partial charge on any atom is 0.480 e. The van der Waals surface area contributed by atoms with E-state index in [9.17, 15) is 64.8 Å². The van der Waals surface area contributed by atoms with Crippen molar-refractivity contribution in [2.75, 3.05) is 0 Å². The zero-order chi connectivity index (χ0) is 33.1. The van der Waals surface area contributed by atoms with E-state index in [1.807, 2.05) is 30.3 Å². The van der Waals surface area contributed by atoms with Crippen LogP contribution in [0.5, 0.6) is 5.75 Å². The molecule has 2 aromatic rings. The third kappa shape index (κ3) is 8.08. The first kappa shape index (κ1) is 37.0. The van der Waals surface area contributed by atoms with Crippen LogP contribution in [-0.2, 0) is 42.8 Å². The van der Waals surface area contributed by atoms with Gasteiger partial charge in [0, 0.05) is 0 Å². The van der Waals surface area contributed by atoms with Crippen molar-refractivity contribution in [3.05, 3.63) is 64.3 Å². The molecule has 43 heavy (non-hydrogen) atoms. The van der Waals surface area contributed by atoms with Crippen LogP contribution in [0.15, 0.2) is 59.5 Å². The van der Waals surface area contributed by atoms with Gasteiger partial charge in [0.25, 0.3) is 0 Å². The van der Waals surface area contributed by atoms with E-state index in [0.717, 1.165) is 49.1 Å². The van der Waals surface area contributed by atoms with Crippen LogP contribution in [0.1, 0.15) is 43.6 Å². The summed E-state index contributed by atoms with van der Waals surface area (Å²) in [5.74, 6) is -8.62. The maximum atomic E-state index is 14.1. The van der Waals surface area contributed by atoms with Crippen LogP contribution in [0, 0.1) is 0 Å². The van der Waals surface area contributed by atoms with E-state index < -0.39 is 57.9 Å². The molecule has 1 aliphatic rings. The molecule has 3 rings (SSSR count). The maximum absolute atomic E-state index is 14.1. The SMILES string of the molecule is O=S(=O)([N-]S(=O)(=O)C(F)(F)C(F)(F)C(F)(F)S(=O)(=O)Oc1ccc(C2CCCCC2)cc1)C(F)(F)F.[SH2+]c1ccccc1. The van der Waals surface area contributed by atoms with Crippen LogP contribution in [0.4, 0.5) is 39.5 Å². The number of halogens is 9. The highest BCUT2D eigenvalue weighted by molar-refractivity contribution is 8.13. The average molecular weight is 712 g/mol. The quantitative estimate of drug-likeness (QED) is 0.181. The highest BCUT2D eigenvalue weighted by Crippen LogP contribution is 2.53. The fraction of sp³-hybridized carbons (Fsp3) is 0.455. The monoisotopic (exact) mass is 711 g/mol. The van der Waals surface area contributed by atoms with Crippen molar-refractivity contribution in [1.82, 2.24) is 0 Å². The molecule has 0 aliphatic heterocycles. The Balaban J connectivity index is 0.000000804. The Labute approximate surface area is 246 Å². The molecule has 244 valence electrons. The molecule has 0 amide bonds. The van der Waals surface area contributed by atoms with E-state index in [0.29, 0.717) is 9.69 Å². The molecule has 0 unspecified atom stereocenters. The van der Waals surface area contributed by atoms with E-state index in [-0.39, 0.29) is 5.92 Å². The summed E-state index contributed by atoms with van der Waals surface area (Å²) in [6, 6.07) is 13.8. The number of alkyl halides is 9. The van der Waals surface area contributed by atoms with Crippen molar-refractivity contribution >= 4 is 42.8 Å². The lowest BCUT2D eigenvalue weighted by Gasteiger charge is -2.35. The third-order valence-electron chi connectivity index (χ3n) is 5.79. The third-order valence-corrected chi connectivity index (χ3v) is 10.5. The molecule has 0 N–H and O–H groups in total. The Hall–Kier alpha value is -2.23. The number of hydrogen-bond acceptors (Lipinski definition) is 7. The fourth-order valence-electron chi connectivity index (χ4n) is 3.56. The first-order chi connectivity index (χ1) is 19.4. The van der Waals surface area contributed by atoms with Crippen molar-refractivity contribution in [2.45, 2.75) is 64.9 Å². The van der Waals surface area contributed by atoms with Gasteiger partial charge in [0.1, 0.15) is 10.6 Å². The van der Waals surface area contributed by atoms with Gasteiger partial charge >= 0.3 is 32.1 Å². The molecule has 0 radical (unpaired) electrons. The topological polar surface area (TPSA) is 126 Å². The Morgan fingerprint density at radius 2 is 1.16 bits per heavy atom. The Kier molecular flexibility index (Phi) is 11.2. The second kappa shape index (κ2) is 13.0. The number of benzene rings is 2. The largest absolute Gasteiger partial charge is 0.480 e. The zero-order valence-electron chi connectivity index (χ0n) is 21.2. The lowest BCUT2D eigenvalue weighted by molar-refractivity contribution is -0.245. The van der Waals surface area contributed by atoms with E-state index in [1.165, 1.54) is 12.1 Å². The highest BCUT2D eigenvalue weighted by atomic mass is 32.3. The number of hydrogen-bond donors (Lipinski definition) is 0. The molecule has 0 bridgehead atoms. The van der Waals surface area contributed by atoms with Crippen LogP contribution in [-0.4, -0.2) is 47.2 Å². The fourth-order valence-corrected chi connectivity index (χ4v) is 6.92. The van der Waals surface area contributed by atoms with Gasteiger partial charge < -0.3 is 8.31 Å². The zero-order valence-corrected chi connectivity index (χ0v) is 24.7. The van der Waals surface area contributed by atoms with Crippen molar-refractivity contribution in [3.63, 3.8) is 0 Å². The van der Waals surface area contributed by atoms with Crippen LogP contribution in [0.25, 0.3) is 4.13 Å². The normalized spacial score (nSPS) is 16.2. The standard InChI is InChI=1S/C16H15F9NO7S3.C6H6S/c17-13(18,14(19,20)34(27,28)26-35(29,30)16(23,24)25)15(21,22)36(31,32)33-12-8-6-11(7-9-12)10-4-2-1-3-5-10;7-6-4-2-1-3-5-6/h6-10H,1-5H2;1-5,7H/q-1;/p+1. The van der Waals surface area contributed by atoms with Crippen LogP contribution in [0.3, 0.4) is 0 Å².